The Hall–Kier alpha value is -2.04. The standard InChI is InChI=1S/C21H30N2O3/c1-16-5-6-17(2)19(15-16)26-14-9-20(24)22-12-7-18(8-13-22)21(25)23-10-3-4-11-23/h5-6,15,18H,3-4,7-14H2,1-2H3. The van der Waals surface area contributed by atoms with Crippen molar-refractivity contribution in [2.24, 2.45) is 5.92 Å². The number of carbonyl (C=O) groups excluding carboxylic acids is 2. The molecule has 0 aromatic heterocycles. The van der Waals surface area contributed by atoms with Gasteiger partial charge in [-0.15, -0.1) is 0 Å². The summed E-state index contributed by atoms with van der Waals surface area (Å²) in [5.74, 6) is 1.38. The number of hydrogen-bond acceptors (Lipinski definition) is 3. The lowest BCUT2D eigenvalue weighted by atomic mass is 9.95. The molecule has 0 aliphatic carbocycles. The van der Waals surface area contributed by atoms with Gasteiger partial charge >= 0.3 is 0 Å². The summed E-state index contributed by atoms with van der Waals surface area (Å²) in [6.45, 7) is 7.64. The molecular formula is C21H30N2O3. The van der Waals surface area contributed by atoms with E-state index in [9.17, 15) is 9.59 Å². The van der Waals surface area contributed by atoms with Crippen molar-refractivity contribution in [1.82, 2.24) is 9.80 Å². The van der Waals surface area contributed by atoms with E-state index >= 15 is 0 Å². The zero-order valence-corrected chi connectivity index (χ0v) is 16.0. The molecule has 3 rings (SSSR count). The Morgan fingerprint density at radius 3 is 2.42 bits per heavy atom. The van der Waals surface area contributed by atoms with Gasteiger partial charge in [-0.1, -0.05) is 12.1 Å². The lowest BCUT2D eigenvalue weighted by Crippen LogP contribution is -2.44. The van der Waals surface area contributed by atoms with Crippen molar-refractivity contribution in [3.05, 3.63) is 29.3 Å². The molecule has 5 heteroatoms. The van der Waals surface area contributed by atoms with Crippen LogP contribution in [0, 0.1) is 19.8 Å². The Balaban J connectivity index is 1.41. The Morgan fingerprint density at radius 2 is 1.73 bits per heavy atom. The highest BCUT2D eigenvalue weighted by molar-refractivity contribution is 5.80. The summed E-state index contributed by atoms with van der Waals surface area (Å²) in [6, 6.07) is 6.10. The Labute approximate surface area is 156 Å². The molecule has 142 valence electrons. The van der Waals surface area contributed by atoms with Gasteiger partial charge in [-0.2, -0.15) is 0 Å². The van der Waals surface area contributed by atoms with Crippen molar-refractivity contribution in [1.29, 1.82) is 0 Å². The van der Waals surface area contributed by atoms with Crippen molar-refractivity contribution in [3.8, 4) is 5.75 Å². The van der Waals surface area contributed by atoms with Crippen LogP contribution in [0.15, 0.2) is 18.2 Å². The van der Waals surface area contributed by atoms with Crippen LogP contribution < -0.4 is 4.74 Å². The van der Waals surface area contributed by atoms with Gasteiger partial charge in [0.2, 0.25) is 11.8 Å². The van der Waals surface area contributed by atoms with E-state index in [0.717, 1.165) is 55.6 Å². The average Bonchev–Trinajstić information content (AvgIpc) is 3.18. The van der Waals surface area contributed by atoms with Crippen LogP contribution in [0.25, 0.3) is 0 Å². The predicted octanol–water partition coefficient (Wildman–Crippen LogP) is 2.93. The minimum atomic E-state index is 0.100. The van der Waals surface area contributed by atoms with E-state index < -0.39 is 0 Å². The number of amides is 2. The fourth-order valence-electron chi connectivity index (χ4n) is 3.84. The fourth-order valence-corrected chi connectivity index (χ4v) is 3.84. The number of hydrogen-bond donors (Lipinski definition) is 0. The molecule has 26 heavy (non-hydrogen) atoms. The van der Waals surface area contributed by atoms with Gasteiger partial charge in [0.15, 0.2) is 0 Å². The van der Waals surface area contributed by atoms with Crippen molar-refractivity contribution in [2.45, 2.75) is 46.0 Å². The Bertz CT molecular complexity index is 645. The molecule has 0 bridgehead atoms. The van der Waals surface area contributed by atoms with E-state index in [1.807, 2.05) is 35.8 Å². The quantitative estimate of drug-likeness (QED) is 0.813. The summed E-state index contributed by atoms with van der Waals surface area (Å²) >= 11 is 0. The van der Waals surface area contributed by atoms with E-state index in [0.29, 0.717) is 32.0 Å². The summed E-state index contributed by atoms with van der Waals surface area (Å²) in [6.07, 6.45) is 4.23. The van der Waals surface area contributed by atoms with E-state index in [4.69, 9.17) is 4.74 Å². The number of ether oxygens (including phenoxy) is 1. The van der Waals surface area contributed by atoms with Gasteiger partial charge in [0.1, 0.15) is 5.75 Å². The van der Waals surface area contributed by atoms with Crippen molar-refractivity contribution in [2.75, 3.05) is 32.8 Å². The molecule has 5 nitrogen and oxygen atoms in total. The first-order chi connectivity index (χ1) is 12.5. The molecule has 2 saturated heterocycles. The summed E-state index contributed by atoms with van der Waals surface area (Å²) in [5.41, 5.74) is 2.24. The third-order valence-electron chi connectivity index (χ3n) is 5.53. The second-order valence-electron chi connectivity index (χ2n) is 7.55. The minimum absolute atomic E-state index is 0.100. The van der Waals surface area contributed by atoms with Crippen molar-refractivity contribution >= 4 is 11.8 Å². The second kappa shape index (κ2) is 8.56. The van der Waals surface area contributed by atoms with Gasteiger partial charge in [-0.05, 0) is 56.7 Å². The predicted molar refractivity (Wildman–Crippen MR) is 101 cm³/mol. The molecule has 2 aliphatic rings. The second-order valence-corrected chi connectivity index (χ2v) is 7.55. The molecule has 0 N–H and O–H groups in total. The number of carbonyl (C=O) groups is 2. The van der Waals surface area contributed by atoms with Crippen LogP contribution in [0.4, 0.5) is 0 Å². The monoisotopic (exact) mass is 358 g/mol. The van der Waals surface area contributed by atoms with E-state index in [2.05, 4.69) is 6.07 Å². The normalized spacial score (nSPS) is 18.2. The van der Waals surface area contributed by atoms with E-state index in [1.54, 1.807) is 0 Å². The Morgan fingerprint density at radius 1 is 1.04 bits per heavy atom. The highest BCUT2D eigenvalue weighted by Crippen LogP contribution is 2.23. The molecule has 0 unspecified atom stereocenters. The van der Waals surface area contributed by atoms with Gasteiger partial charge < -0.3 is 14.5 Å². The van der Waals surface area contributed by atoms with Crippen molar-refractivity contribution in [3.63, 3.8) is 0 Å². The summed E-state index contributed by atoms with van der Waals surface area (Å²) < 4.78 is 5.80. The SMILES string of the molecule is Cc1ccc(C)c(OCCC(=O)N2CCC(C(=O)N3CCCC3)CC2)c1. The first-order valence-corrected chi connectivity index (χ1v) is 9.81. The van der Waals surface area contributed by atoms with Crippen molar-refractivity contribution < 1.29 is 14.3 Å². The zero-order chi connectivity index (χ0) is 18.5. The Kier molecular flexibility index (Phi) is 6.17. The maximum atomic E-state index is 12.5. The largest absolute Gasteiger partial charge is 0.493 e. The zero-order valence-electron chi connectivity index (χ0n) is 16.0. The molecule has 0 spiro atoms. The molecule has 1 aromatic rings. The van der Waals surface area contributed by atoms with Gasteiger partial charge in [0.25, 0.3) is 0 Å². The minimum Gasteiger partial charge on any atom is -0.493 e. The van der Waals surface area contributed by atoms with Crippen LogP contribution >= 0.6 is 0 Å². The highest BCUT2D eigenvalue weighted by Gasteiger charge is 2.31. The van der Waals surface area contributed by atoms with Gasteiger partial charge in [0.05, 0.1) is 13.0 Å². The van der Waals surface area contributed by atoms with Crippen LogP contribution in [-0.2, 0) is 9.59 Å². The maximum absolute atomic E-state index is 12.5. The van der Waals surface area contributed by atoms with Crippen LogP contribution in [0.5, 0.6) is 5.75 Å². The van der Waals surface area contributed by atoms with Crippen LogP contribution in [0.3, 0.4) is 0 Å². The van der Waals surface area contributed by atoms with Crippen LogP contribution in [0.1, 0.15) is 43.2 Å². The molecule has 0 saturated carbocycles. The smallest absolute Gasteiger partial charge is 0.225 e. The third-order valence-corrected chi connectivity index (χ3v) is 5.53. The maximum Gasteiger partial charge on any atom is 0.225 e. The summed E-state index contributed by atoms with van der Waals surface area (Å²) in [4.78, 5) is 28.8. The summed E-state index contributed by atoms with van der Waals surface area (Å²) in [7, 11) is 0. The number of piperidine rings is 1. The number of rotatable bonds is 5. The topological polar surface area (TPSA) is 49.9 Å². The van der Waals surface area contributed by atoms with E-state index in [-0.39, 0.29) is 11.8 Å². The molecule has 2 aliphatic heterocycles. The average molecular weight is 358 g/mol. The van der Waals surface area contributed by atoms with E-state index in [1.165, 1.54) is 0 Å². The molecule has 1 aromatic carbocycles. The van der Waals surface area contributed by atoms with Gasteiger partial charge in [-0.3, -0.25) is 9.59 Å². The van der Waals surface area contributed by atoms with Crippen LogP contribution in [0.2, 0.25) is 0 Å². The molecule has 2 heterocycles. The lowest BCUT2D eigenvalue weighted by Gasteiger charge is -2.33. The van der Waals surface area contributed by atoms with Gasteiger partial charge in [0, 0.05) is 32.1 Å². The van der Waals surface area contributed by atoms with Crippen LogP contribution in [-0.4, -0.2) is 54.4 Å². The molecular weight excluding hydrogens is 328 g/mol. The molecule has 0 radical (unpaired) electrons. The molecule has 0 atom stereocenters. The molecule has 2 fully saturated rings. The lowest BCUT2D eigenvalue weighted by molar-refractivity contribution is -0.140. The number of benzene rings is 1. The first-order valence-electron chi connectivity index (χ1n) is 9.81. The summed E-state index contributed by atoms with van der Waals surface area (Å²) in [5, 5.41) is 0. The fraction of sp³-hybridized carbons (Fsp3) is 0.619. The molecule has 2 amide bonds. The first kappa shape index (κ1) is 18.7. The number of nitrogens with zero attached hydrogens (tertiary/aromatic N) is 2. The third kappa shape index (κ3) is 4.57. The highest BCUT2D eigenvalue weighted by atomic mass is 16.5. The van der Waals surface area contributed by atoms with Gasteiger partial charge in [-0.25, -0.2) is 0 Å². The number of likely N-dealkylation sites (tertiary alicyclic amines) is 2. The number of aryl methyl sites for hydroxylation is 2.